The average molecular weight is 117 g/mol. The van der Waals surface area contributed by atoms with Crippen LogP contribution in [0.3, 0.4) is 0 Å². The Balaban J connectivity index is 2.25. The van der Waals surface area contributed by atoms with E-state index in [1.54, 1.807) is 0 Å². The first-order chi connectivity index (χ1) is 3.39. The van der Waals surface area contributed by atoms with E-state index in [4.69, 9.17) is 0 Å². The molecule has 0 unspecified atom stereocenters. The van der Waals surface area contributed by atoms with Gasteiger partial charge in [-0.1, -0.05) is 11.8 Å². The summed E-state index contributed by atoms with van der Waals surface area (Å²) >= 11 is 1.42. The number of rotatable bonds is 0. The highest BCUT2D eigenvalue weighted by Gasteiger charge is 2.05. The van der Waals surface area contributed by atoms with E-state index in [0.29, 0.717) is 6.54 Å². The summed E-state index contributed by atoms with van der Waals surface area (Å²) in [4.78, 5) is 10.4. The SMILES string of the molecule is O=C1CNCCS1. The molecule has 1 fully saturated rings. The molecule has 1 N–H and O–H groups in total. The molecule has 0 saturated carbocycles. The van der Waals surface area contributed by atoms with Gasteiger partial charge in [-0.05, 0) is 0 Å². The van der Waals surface area contributed by atoms with Crippen LogP contribution in [-0.2, 0) is 4.79 Å². The molecule has 1 aliphatic rings. The predicted octanol–water partition coefficient (Wildman–Crippen LogP) is -0.151. The molecular formula is C4H7NOS. The minimum atomic E-state index is 0.270. The normalized spacial score (nSPS) is 22.6. The maximum atomic E-state index is 10.4. The molecule has 1 heterocycles. The van der Waals surface area contributed by atoms with Crippen molar-refractivity contribution < 1.29 is 4.79 Å². The molecule has 40 valence electrons. The average Bonchev–Trinajstić information content (AvgIpc) is 1.69. The molecule has 0 bridgehead atoms. The van der Waals surface area contributed by atoms with E-state index in [2.05, 4.69) is 5.32 Å². The molecule has 1 rings (SSSR count). The Morgan fingerprint density at radius 3 is 2.86 bits per heavy atom. The lowest BCUT2D eigenvalue weighted by molar-refractivity contribution is -0.110. The number of hydrogen-bond acceptors (Lipinski definition) is 3. The van der Waals surface area contributed by atoms with Gasteiger partial charge in [0.05, 0.1) is 6.54 Å². The Morgan fingerprint density at radius 2 is 2.57 bits per heavy atom. The van der Waals surface area contributed by atoms with Crippen LogP contribution >= 0.6 is 11.8 Å². The van der Waals surface area contributed by atoms with Crippen LogP contribution in [0.25, 0.3) is 0 Å². The molecule has 2 nitrogen and oxygen atoms in total. The van der Waals surface area contributed by atoms with Crippen LogP contribution in [0.4, 0.5) is 0 Å². The predicted molar refractivity (Wildman–Crippen MR) is 30.3 cm³/mol. The van der Waals surface area contributed by atoms with E-state index in [1.807, 2.05) is 0 Å². The van der Waals surface area contributed by atoms with E-state index in [-0.39, 0.29) is 5.12 Å². The van der Waals surface area contributed by atoms with Gasteiger partial charge in [0.1, 0.15) is 0 Å². The molecule has 0 radical (unpaired) electrons. The maximum absolute atomic E-state index is 10.4. The Bertz CT molecular complexity index is 75.8. The minimum absolute atomic E-state index is 0.270. The summed E-state index contributed by atoms with van der Waals surface area (Å²) in [6.45, 7) is 1.54. The van der Waals surface area contributed by atoms with Crippen molar-refractivity contribution in [1.29, 1.82) is 0 Å². The fraction of sp³-hybridized carbons (Fsp3) is 0.750. The van der Waals surface area contributed by atoms with Crippen molar-refractivity contribution in [2.45, 2.75) is 0 Å². The topological polar surface area (TPSA) is 29.1 Å². The molecule has 0 aromatic heterocycles. The van der Waals surface area contributed by atoms with Crippen LogP contribution in [0.5, 0.6) is 0 Å². The fourth-order valence-corrected chi connectivity index (χ4v) is 1.16. The number of carbonyl (C=O) groups excluding carboxylic acids is 1. The molecule has 0 atom stereocenters. The second-order valence-corrected chi connectivity index (χ2v) is 2.55. The van der Waals surface area contributed by atoms with Crippen molar-refractivity contribution >= 4 is 16.9 Å². The summed E-state index contributed by atoms with van der Waals surface area (Å²) < 4.78 is 0. The van der Waals surface area contributed by atoms with Crippen molar-refractivity contribution in [3.8, 4) is 0 Å². The third-order valence-corrected chi connectivity index (χ3v) is 1.69. The van der Waals surface area contributed by atoms with Crippen molar-refractivity contribution in [3.63, 3.8) is 0 Å². The van der Waals surface area contributed by atoms with Gasteiger partial charge in [0, 0.05) is 12.3 Å². The number of hydrogen-bond donors (Lipinski definition) is 1. The lowest BCUT2D eigenvalue weighted by atomic mass is 10.6. The monoisotopic (exact) mass is 117 g/mol. The Morgan fingerprint density at radius 1 is 1.71 bits per heavy atom. The van der Waals surface area contributed by atoms with Gasteiger partial charge in [-0.3, -0.25) is 4.79 Å². The van der Waals surface area contributed by atoms with Crippen molar-refractivity contribution in [1.82, 2.24) is 5.32 Å². The molecule has 0 aromatic carbocycles. The second kappa shape index (κ2) is 2.33. The summed E-state index contributed by atoms with van der Waals surface area (Å²) in [5.41, 5.74) is 0. The van der Waals surface area contributed by atoms with Crippen molar-refractivity contribution in [3.05, 3.63) is 0 Å². The van der Waals surface area contributed by atoms with Crippen molar-refractivity contribution in [2.24, 2.45) is 0 Å². The molecule has 3 heteroatoms. The highest BCUT2D eigenvalue weighted by molar-refractivity contribution is 8.13. The lowest BCUT2D eigenvalue weighted by Gasteiger charge is -2.07. The fourth-order valence-electron chi connectivity index (χ4n) is 0.479. The lowest BCUT2D eigenvalue weighted by Crippen LogP contribution is -2.28. The minimum Gasteiger partial charge on any atom is -0.308 e. The molecule has 0 spiro atoms. The van der Waals surface area contributed by atoms with E-state index in [1.165, 1.54) is 11.8 Å². The number of nitrogens with one attached hydrogen (secondary N) is 1. The van der Waals surface area contributed by atoms with Crippen LogP contribution in [0, 0.1) is 0 Å². The standard InChI is InChI=1S/C4H7NOS/c6-4-3-5-1-2-7-4/h5H,1-3H2. The maximum Gasteiger partial charge on any atom is 0.202 e. The zero-order valence-corrected chi connectivity index (χ0v) is 4.75. The van der Waals surface area contributed by atoms with Crippen LogP contribution in [-0.4, -0.2) is 24.0 Å². The van der Waals surface area contributed by atoms with Gasteiger partial charge in [-0.15, -0.1) is 0 Å². The molecule has 0 aromatic rings. The van der Waals surface area contributed by atoms with Crippen LogP contribution in [0.2, 0.25) is 0 Å². The second-order valence-electron chi connectivity index (χ2n) is 1.40. The van der Waals surface area contributed by atoms with E-state index in [9.17, 15) is 4.79 Å². The van der Waals surface area contributed by atoms with Gasteiger partial charge in [0.15, 0.2) is 0 Å². The van der Waals surface area contributed by atoms with E-state index in [0.717, 1.165) is 12.3 Å². The summed E-state index contributed by atoms with van der Waals surface area (Å²) in [6.07, 6.45) is 0. The van der Waals surface area contributed by atoms with Gasteiger partial charge in [-0.25, -0.2) is 0 Å². The highest BCUT2D eigenvalue weighted by Crippen LogP contribution is 2.02. The Kier molecular flexibility index (Phi) is 1.70. The molecular weight excluding hydrogens is 110 g/mol. The zero-order valence-electron chi connectivity index (χ0n) is 3.94. The first kappa shape index (κ1) is 5.12. The van der Waals surface area contributed by atoms with Gasteiger partial charge in [0.25, 0.3) is 0 Å². The molecule has 1 aliphatic heterocycles. The Hall–Kier alpha value is -0.0200. The van der Waals surface area contributed by atoms with Gasteiger partial charge in [-0.2, -0.15) is 0 Å². The van der Waals surface area contributed by atoms with Crippen LogP contribution in [0.15, 0.2) is 0 Å². The Labute approximate surface area is 46.7 Å². The van der Waals surface area contributed by atoms with Gasteiger partial charge in [0.2, 0.25) is 5.12 Å². The van der Waals surface area contributed by atoms with Crippen LogP contribution in [0.1, 0.15) is 0 Å². The van der Waals surface area contributed by atoms with Crippen LogP contribution < -0.4 is 5.32 Å². The van der Waals surface area contributed by atoms with Crippen molar-refractivity contribution in [2.75, 3.05) is 18.8 Å². The summed E-state index contributed by atoms with van der Waals surface area (Å²) in [7, 11) is 0. The third-order valence-electron chi connectivity index (χ3n) is 0.811. The molecule has 0 aliphatic carbocycles. The van der Waals surface area contributed by atoms with E-state index < -0.39 is 0 Å². The van der Waals surface area contributed by atoms with E-state index >= 15 is 0 Å². The molecule has 1 saturated heterocycles. The summed E-state index contributed by atoms with van der Waals surface area (Å²) in [5.74, 6) is 0.943. The van der Waals surface area contributed by atoms with Gasteiger partial charge < -0.3 is 5.32 Å². The molecule has 0 amide bonds. The summed E-state index contributed by atoms with van der Waals surface area (Å²) in [5, 5.41) is 3.23. The number of carbonyl (C=O) groups is 1. The first-order valence-electron chi connectivity index (χ1n) is 2.26. The summed E-state index contributed by atoms with van der Waals surface area (Å²) in [6, 6.07) is 0. The number of thioether (sulfide) groups is 1. The smallest absolute Gasteiger partial charge is 0.202 e. The third kappa shape index (κ3) is 1.49. The quantitative estimate of drug-likeness (QED) is 0.478. The largest absolute Gasteiger partial charge is 0.308 e. The first-order valence-corrected chi connectivity index (χ1v) is 3.24. The zero-order chi connectivity index (χ0) is 5.11. The highest BCUT2D eigenvalue weighted by atomic mass is 32.2. The van der Waals surface area contributed by atoms with Gasteiger partial charge >= 0.3 is 0 Å². The molecule has 7 heavy (non-hydrogen) atoms.